The van der Waals surface area contributed by atoms with Crippen LogP contribution in [0.15, 0.2) is 6.07 Å². The molecule has 0 saturated heterocycles. The molecular weight excluding hydrogens is 202 g/mol. The van der Waals surface area contributed by atoms with Crippen LogP contribution in [0, 0.1) is 0 Å². The van der Waals surface area contributed by atoms with Gasteiger partial charge in [0.25, 0.3) is 0 Å². The first-order chi connectivity index (χ1) is 6.67. The third kappa shape index (κ3) is 2.71. The zero-order valence-corrected chi connectivity index (χ0v) is 8.76. The van der Waals surface area contributed by atoms with E-state index in [2.05, 4.69) is 4.74 Å². The second kappa shape index (κ2) is 4.97. The van der Waals surface area contributed by atoms with Gasteiger partial charge in [-0.3, -0.25) is 4.79 Å². The number of hydrogen-bond acceptors (Lipinski definition) is 5. The number of carbonyl (C=O) groups is 1. The van der Waals surface area contributed by atoms with Crippen molar-refractivity contribution in [2.45, 2.75) is 12.8 Å². The van der Waals surface area contributed by atoms with Crippen LogP contribution in [0.5, 0.6) is 0 Å². The van der Waals surface area contributed by atoms with Crippen LogP contribution in [-0.2, 0) is 22.4 Å². The summed E-state index contributed by atoms with van der Waals surface area (Å²) in [4.78, 5) is 12.0. The molecule has 0 aliphatic carbocycles. The quantitative estimate of drug-likeness (QED) is 0.721. The minimum atomic E-state index is -0.301. The molecule has 0 radical (unpaired) electrons. The summed E-state index contributed by atoms with van der Waals surface area (Å²) >= 11 is 1.40. The Morgan fingerprint density at radius 3 is 3.00 bits per heavy atom. The normalized spacial score (nSPS) is 10.1. The Hall–Kier alpha value is -1.07. The van der Waals surface area contributed by atoms with E-state index in [9.17, 15) is 4.79 Å². The van der Waals surface area contributed by atoms with E-state index in [1.54, 1.807) is 0 Å². The number of methoxy groups -OCH3 is 1. The highest BCUT2D eigenvalue weighted by Crippen LogP contribution is 2.25. The first-order valence-corrected chi connectivity index (χ1v) is 5.03. The summed E-state index contributed by atoms with van der Waals surface area (Å²) in [5.74, 6) is -0.301. The van der Waals surface area contributed by atoms with E-state index in [0.717, 1.165) is 10.4 Å². The summed E-state index contributed by atoms with van der Waals surface area (Å²) in [5, 5.41) is 9.35. The van der Waals surface area contributed by atoms with Gasteiger partial charge in [0.15, 0.2) is 0 Å². The summed E-state index contributed by atoms with van der Waals surface area (Å²) in [5.41, 5.74) is 6.49. The molecule has 4 nitrogen and oxygen atoms in total. The maximum absolute atomic E-state index is 11.0. The number of rotatable bonds is 4. The number of carbonyl (C=O) groups excluding carboxylic acids is 1. The van der Waals surface area contributed by atoms with Gasteiger partial charge in [0.2, 0.25) is 0 Å². The maximum atomic E-state index is 11.0. The monoisotopic (exact) mass is 215 g/mol. The Bertz CT molecular complexity index is 322. The molecule has 1 heterocycles. The average Bonchev–Trinajstić information content (AvgIpc) is 2.47. The molecule has 0 aliphatic heterocycles. The number of hydrogen-bond donors (Lipinski definition) is 2. The fraction of sp³-hybridized carbons (Fsp3) is 0.444. The van der Waals surface area contributed by atoms with E-state index in [-0.39, 0.29) is 19.0 Å². The van der Waals surface area contributed by atoms with Crippen LogP contribution in [0.3, 0.4) is 0 Å². The van der Waals surface area contributed by atoms with Crippen LogP contribution in [0.4, 0.5) is 5.00 Å². The molecule has 1 aromatic heterocycles. The van der Waals surface area contributed by atoms with Gasteiger partial charge in [-0.05, 0) is 11.6 Å². The lowest BCUT2D eigenvalue weighted by Gasteiger charge is -1.96. The van der Waals surface area contributed by atoms with E-state index < -0.39 is 0 Å². The van der Waals surface area contributed by atoms with Crippen LogP contribution < -0.4 is 5.73 Å². The summed E-state index contributed by atoms with van der Waals surface area (Å²) in [6.45, 7) is 0.0949. The molecule has 3 N–H and O–H groups in total. The standard InChI is InChI=1S/C9H13NO3S/c1-13-8(12)5-6-4-7(2-3-11)14-9(6)10/h4,11H,2-3,5,10H2,1H3. The van der Waals surface area contributed by atoms with Crippen LogP contribution in [0.25, 0.3) is 0 Å². The molecule has 5 heteroatoms. The van der Waals surface area contributed by atoms with Crippen molar-refractivity contribution < 1.29 is 14.6 Å². The molecule has 0 aromatic carbocycles. The predicted molar refractivity (Wildman–Crippen MR) is 55.2 cm³/mol. The van der Waals surface area contributed by atoms with Crippen molar-refractivity contribution in [3.8, 4) is 0 Å². The van der Waals surface area contributed by atoms with Gasteiger partial charge in [-0.2, -0.15) is 0 Å². The molecule has 0 saturated carbocycles. The number of nitrogens with two attached hydrogens (primary N) is 1. The highest BCUT2D eigenvalue weighted by atomic mass is 32.1. The highest BCUT2D eigenvalue weighted by molar-refractivity contribution is 7.16. The number of esters is 1. The lowest BCUT2D eigenvalue weighted by molar-refractivity contribution is -0.139. The molecule has 0 amide bonds. The van der Waals surface area contributed by atoms with E-state index in [1.165, 1.54) is 18.4 Å². The van der Waals surface area contributed by atoms with Crippen molar-refractivity contribution in [1.29, 1.82) is 0 Å². The van der Waals surface area contributed by atoms with Crippen molar-refractivity contribution >= 4 is 22.3 Å². The molecule has 1 aromatic rings. The minimum absolute atomic E-state index is 0.0949. The molecule has 14 heavy (non-hydrogen) atoms. The van der Waals surface area contributed by atoms with Gasteiger partial charge in [-0.1, -0.05) is 0 Å². The summed E-state index contributed by atoms with van der Waals surface area (Å²) in [6, 6.07) is 1.84. The van der Waals surface area contributed by atoms with Crippen molar-refractivity contribution in [3.63, 3.8) is 0 Å². The van der Waals surface area contributed by atoms with Gasteiger partial charge in [0.05, 0.1) is 18.5 Å². The largest absolute Gasteiger partial charge is 0.469 e. The Labute approximate surface area is 86.3 Å². The third-order valence-electron chi connectivity index (χ3n) is 1.81. The van der Waals surface area contributed by atoms with Crippen molar-refractivity contribution in [2.24, 2.45) is 0 Å². The molecular formula is C9H13NO3S. The van der Waals surface area contributed by atoms with Gasteiger partial charge >= 0.3 is 5.97 Å². The third-order valence-corrected chi connectivity index (χ3v) is 2.88. The Morgan fingerprint density at radius 1 is 1.71 bits per heavy atom. The average molecular weight is 215 g/mol. The van der Waals surface area contributed by atoms with E-state index in [0.29, 0.717) is 11.4 Å². The molecule has 0 bridgehead atoms. The van der Waals surface area contributed by atoms with Crippen LogP contribution >= 0.6 is 11.3 Å². The molecule has 0 aliphatic rings. The Morgan fingerprint density at radius 2 is 2.43 bits per heavy atom. The van der Waals surface area contributed by atoms with Crippen molar-refractivity contribution in [2.75, 3.05) is 19.5 Å². The SMILES string of the molecule is COC(=O)Cc1cc(CCO)sc1N. The van der Waals surface area contributed by atoms with E-state index >= 15 is 0 Å². The number of thiophene rings is 1. The molecule has 78 valence electrons. The van der Waals surface area contributed by atoms with E-state index in [1.807, 2.05) is 6.07 Å². The van der Waals surface area contributed by atoms with E-state index in [4.69, 9.17) is 10.8 Å². The van der Waals surface area contributed by atoms with Crippen LogP contribution in [0.1, 0.15) is 10.4 Å². The maximum Gasteiger partial charge on any atom is 0.310 e. The van der Waals surface area contributed by atoms with Gasteiger partial charge in [-0.25, -0.2) is 0 Å². The van der Waals surface area contributed by atoms with Gasteiger partial charge in [0.1, 0.15) is 0 Å². The highest BCUT2D eigenvalue weighted by Gasteiger charge is 2.10. The molecule has 0 atom stereocenters. The smallest absolute Gasteiger partial charge is 0.310 e. The Kier molecular flexibility index (Phi) is 3.91. The summed E-state index contributed by atoms with van der Waals surface area (Å²) in [7, 11) is 1.35. The fourth-order valence-corrected chi connectivity index (χ4v) is 2.04. The van der Waals surface area contributed by atoms with Gasteiger partial charge in [-0.15, -0.1) is 11.3 Å². The zero-order valence-electron chi connectivity index (χ0n) is 7.95. The predicted octanol–water partition coefficient (Wildman–Crippen LogP) is 0.581. The second-order valence-corrected chi connectivity index (χ2v) is 4.00. The fourth-order valence-electron chi connectivity index (χ4n) is 1.10. The van der Waals surface area contributed by atoms with Crippen molar-refractivity contribution in [3.05, 3.63) is 16.5 Å². The summed E-state index contributed by atoms with van der Waals surface area (Å²) in [6.07, 6.45) is 0.778. The second-order valence-electron chi connectivity index (χ2n) is 2.83. The number of aliphatic hydroxyl groups is 1. The number of anilines is 1. The summed E-state index contributed by atoms with van der Waals surface area (Å²) < 4.78 is 4.54. The van der Waals surface area contributed by atoms with Gasteiger partial charge in [0, 0.05) is 17.9 Å². The lowest BCUT2D eigenvalue weighted by Crippen LogP contribution is -2.04. The topological polar surface area (TPSA) is 72.5 Å². The zero-order chi connectivity index (χ0) is 10.6. The molecule has 0 spiro atoms. The van der Waals surface area contributed by atoms with Crippen LogP contribution in [0.2, 0.25) is 0 Å². The first-order valence-electron chi connectivity index (χ1n) is 4.22. The number of ether oxygens (including phenoxy) is 1. The minimum Gasteiger partial charge on any atom is -0.469 e. The first kappa shape index (κ1) is 11.0. The van der Waals surface area contributed by atoms with Crippen molar-refractivity contribution in [1.82, 2.24) is 0 Å². The Balaban J connectivity index is 2.71. The molecule has 0 unspecified atom stereocenters. The van der Waals surface area contributed by atoms with Crippen LogP contribution in [-0.4, -0.2) is 24.8 Å². The number of nitrogen functional groups attached to an aromatic ring is 1. The molecule has 0 fully saturated rings. The van der Waals surface area contributed by atoms with Gasteiger partial charge < -0.3 is 15.6 Å². The molecule has 1 rings (SSSR count). The lowest BCUT2D eigenvalue weighted by atomic mass is 10.2. The number of aliphatic hydroxyl groups excluding tert-OH is 1.